The highest BCUT2D eigenvalue weighted by Crippen LogP contribution is 2.31. The van der Waals surface area contributed by atoms with E-state index in [-0.39, 0.29) is 11.3 Å². The van der Waals surface area contributed by atoms with Gasteiger partial charge in [0.2, 0.25) is 5.91 Å². The second-order valence-electron chi connectivity index (χ2n) is 6.57. The summed E-state index contributed by atoms with van der Waals surface area (Å²) in [6.07, 6.45) is 0.536. The number of ether oxygens (including phenoxy) is 1. The topological polar surface area (TPSA) is 64.3 Å². The minimum Gasteiger partial charge on any atom is -0.493 e. The summed E-state index contributed by atoms with van der Waals surface area (Å²) in [5.41, 5.74) is 5.93. The lowest BCUT2D eigenvalue weighted by Gasteiger charge is -2.28. The number of hydrogen-bond donors (Lipinski definition) is 2. The molecule has 0 aliphatic heterocycles. The number of carbonyl (C=O) groups excluding carboxylic acids is 1. The van der Waals surface area contributed by atoms with E-state index < -0.39 is 5.54 Å². The van der Waals surface area contributed by atoms with Crippen molar-refractivity contribution < 1.29 is 9.53 Å². The first kappa shape index (κ1) is 17.5. The van der Waals surface area contributed by atoms with Gasteiger partial charge in [0, 0.05) is 6.42 Å². The average molecular weight is 292 g/mol. The van der Waals surface area contributed by atoms with Crippen molar-refractivity contribution in [3.63, 3.8) is 0 Å². The lowest BCUT2D eigenvalue weighted by atomic mass is 9.86. The monoisotopic (exact) mass is 292 g/mol. The van der Waals surface area contributed by atoms with E-state index in [1.807, 2.05) is 32.0 Å². The van der Waals surface area contributed by atoms with Crippen molar-refractivity contribution in [2.45, 2.75) is 52.0 Å². The van der Waals surface area contributed by atoms with Crippen LogP contribution in [0.4, 0.5) is 0 Å². The normalized spacial score (nSPS) is 14.5. The smallest absolute Gasteiger partial charge is 0.237 e. The minimum absolute atomic E-state index is 0.0191. The molecule has 0 saturated carbocycles. The van der Waals surface area contributed by atoms with Crippen LogP contribution in [0.25, 0.3) is 0 Å². The summed E-state index contributed by atoms with van der Waals surface area (Å²) in [6.45, 7) is 11.4. The Morgan fingerprint density at radius 1 is 1.24 bits per heavy atom. The number of nitrogens with two attached hydrogens (primary N) is 1. The molecule has 1 atom stereocenters. The van der Waals surface area contributed by atoms with E-state index in [1.165, 1.54) is 0 Å². The maximum atomic E-state index is 11.6. The van der Waals surface area contributed by atoms with Gasteiger partial charge in [-0.15, -0.1) is 0 Å². The van der Waals surface area contributed by atoms with E-state index in [1.54, 1.807) is 0 Å². The van der Waals surface area contributed by atoms with Crippen molar-refractivity contribution >= 4 is 5.91 Å². The Labute approximate surface area is 128 Å². The Hall–Kier alpha value is -1.55. The van der Waals surface area contributed by atoms with Gasteiger partial charge in [0.25, 0.3) is 0 Å². The number of primary amides is 1. The minimum atomic E-state index is -0.731. The molecular weight excluding hydrogens is 264 g/mol. The molecule has 0 radical (unpaired) electrons. The van der Waals surface area contributed by atoms with E-state index in [0.29, 0.717) is 19.6 Å². The van der Waals surface area contributed by atoms with Crippen LogP contribution in [0, 0.1) is 0 Å². The van der Waals surface area contributed by atoms with Gasteiger partial charge in [-0.3, -0.25) is 4.79 Å². The molecule has 0 fully saturated rings. The molecule has 0 spiro atoms. The number of nitrogens with one attached hydrogen (secondary N) is 1. The van der Waals surface area contributed by atoms with Crippen LogP contribution in [0.2, 0.25) is 0 Å². The van der Waals surface area contributed by atoms with Crippen molar-refractivity contribution in [3.05, 3.63) is 29.8 Å². The lowest BCUT2D eigenvalue weighted by Crippen LogP contribution is -2.53. The zero-order valence-corrected chi connectivity index (χ0v) is 13.8. The molecule has 1 rings (SSSR count). The van der Waals surface area contributed by atoms with Crippen LogP contribution in [-0.4, -0.2) is 24.6 Å². The van der Waals surface area contributed by atoms with Crippen molar-refractivity contribution in [1.82, 2.24) is 5.32 Å². The summed E-state index contributed by atoms with van der Waals surface area (Å²) in [5, 5.41) is 3.14. The number of hydrogen-bond acceptors (Lipinski definition) is 3. The van der Waals surface area contributed by atoms with Crippen molar-refractivity contribution in [3.8, 4) is 5.75 Å². The van der Waals surface area contributed by atoms with Crippen LogP contribution in [0.5, 0.6) is 5.75 Å². The number of benzene rings is 1. The molecule has 1 aromatic carbocycles. The van der Waals surface area contributed by atoms with Gasteiger partial charge in [-0.25, -0.2) is 0 Å². The first-order valence-corrected chi connectivity index (χ1v) is 7.48. The molecule has 3 N–H and O–H groups in total. The summed E-state index contributed by atoms with van der Waals surface area (Å²) >= 11 is 0. The molecular formula is C17H28N2O2. The Bertz CT molecular complexity index is 480. The molecule has 0 aliphatic rings. The predicted molar refractivity (Wildman–Crippen MR) is 86.5 cm³/mol. The molecule has 118 valence electrons. The molecule has 0 heterocycles. The lowest BCUT2D eigenvalue weighted by molar-refractivity contribution is -0.124. The second-order valence-corrected chi connectivity index (χ2v) is 6.57. The predicted octanol–water partition coefficient (Wildman–Crippen LogP) is 2.61. The zero-order chi connectivity index (χ0) is 16.1. The first-order chi connectivity index (χ1) is 9.70. The highest BCUT2D eigenvalue weighted by Gasteiger charge is 2.30. The van der Waals surface area contributed by atoms with Gasteiger partial charge in [0.15, 0.2) is 0 Å². The third kappa shape index (κ3) is 4.74. The first-order valence-electron chi connectivity index (χ1n) is 7.48. The number of likely N-dealkylation sites (N-methyl/N-ethyl adjacent to an activating group) is 1. The standard InChI is InChI=1S/C17H28N2O2/c1-6-19-17(5,15(18)20)11-12-21-14-10-8-7-9-13(14)16(2,3)4/h7-10,19H,6,11-12H2,1-5H3,(H2,18,20). The van der Waals surface area contributed by atoms with Gasteiger partial charge < -0.3 is 15.8 Å². The molecule has 0 aromatic heterocycles. The van der Waals surface area contributed by atoms with Crippen LogP contribution in [0.3, 0.4) is 0 Å². The van der Waals surface area contributed by atoms with Crippen molar-refractivity contribution in [1.29, 1.82) is 0 Å². The van der Waals surface area contributed by atoms with E-state index in [2.05, 4.69) is 32.2 Å². The highest BCUT2D eigenvalue weighted by atomic mass is 16.5. The summed E-state index contributed by atoms with van der Waals surface area (Å²) in [5.74, 6) is 0.519. The third-order valence-electron chi connectivity index (χ3n) is 3.67. The van der Waals surface area contributed by atoms with E-state index in [4.69, 9.17) is 10.5 Å². The fourth-order valence-electron chi connectivity index (χ4n) is 2.27. The maximum absolute atomic E-state index is 11.6. The molecule has 1 amide bonds. The van der Waals surface area contributed by atoms with Gasteiger partial charge in [-0.2, -0.15) is 0 Å². The van der Waals surface area contributed by atoms with Crippen LogP contribution in [0.1, 0.15) is 46.6 Å². The van der Waals surface area contributed by atoms with E-state index in [9.17, 15) is 4.79 Å². The zero-order valence-electron chi connectivity index (χ0n) is 13.8. The Morgan fingerprint density at radius 3 is 2.38 bits per heavy atom. The molecule has 0 bridgehead atoms. The third-order valence-corrected chi connectivity index (χ3v) is 3.67. The van der Waals surface area contributed by atoms with Gasteiger partial charge >= 0.3 is 0 Å². The number of para-hydroxylation sites is 1. The summed E-state index contributed by atoms with van der Waals surface area (Å²) < 4.78 is 5.91. The van der Waals surface area contributed by atoms with Crippen LogP contribution < -0.4 is 15.8 Å². The van der Waals surface area contributed by atoms with E-state index in [0.717, 1.165) is 11.3 Å². The number of carbonyl (C=O) groups is 1. The van der Waals surface area contributed by atoms with Gasteiger partial charge in [0.05, 0.1) is 12.1 Å². The SMILES string of the molecule is CCNC(C)(CCOc1ccccc1C(C)(C)C)C(N)=O. The van der Waals surface area contributed by atoms with Crippen molar-refractivity contribution in [2.24, 2.45) is 5.73 Å². The molecule has 0 saturated heterocycles. The average Bonchev–Trinajstić information content (AvgIpc) is 2.38. The number of amides is 1. The largest absolute Gasteiger partial charge is 0.493 e. The quantitative estimate of drug-likeness (QED) is 0.812. The van der Waals surface area contributed by atoms with Gasteiger partial charge in [-0.1, -0.05) is 45.9 Å². The summed E-state index contributed by atoms with van der Waals surface area (Å²) in [6, 6.07) is 8.02. The fraction of sp³-hybridized carbons (Fsp3) is 0.588. The molecule has 1 unspecified atom stereocenters. The Balaban J connectivity index is 2.74. The maximum Gasteiger partial charge on any atom is 0.237 e. The fourth-order valence-corrected chi connectivity index (χ4v) is 2.27. The Morgan fingerprint density at radius 2 is 1.86 bits per heavy atom. The molecule has 21 heavy (non-hydrogen) atoms. The van der Waals surface area contributed by atoms with Gasteiger partial charge in [-0.05, 0) is 30.5 Å². The van der Waals surface area contributed by atoms with Gasteiger partial charge in [0.1, 0.15) is 5.75 Å². The Kier molecular flexibility index (Phi) is 5.78. The highest BCUT2D eigenvalue weighted by molar-refractivity contribution is 5.84. The molecule has 4 heteroatoms. The van der Waals surface area contributed by atoms with Crippen molar-refractivity contribution in [2.75, 3.05) is 13.2 Å². The van der Waals surface area contributed by atoms with Crippen LogP contribution in [-0.2, 0) is 10.2 Å². The van der Waals surface area contributed by atoms with Crippen LogP contribution in [0.15, 0.2) is 24.3 Å². The molecule has 4 nitrogen and oxygen atoms in total. The number of rotatable bonds is 7. The van der Waals surface area contributed by atoms with Crippen LogP contribution >= 0.6 is 0 Å². The summed E-state index contributed by atoms with van der Waals surface area (Å²) in [7, 11) is 0. The summed E-state index contributed by atoms with van der Waals surface area (Å²) in [4.78, 5) is 11.6. The molecule has 1 aromatic rings. The molecule has 0 aliphatic carbocycles. The van der Waals surface area contributed by atoms with E-state index >= 15 is 0 Å². The second kappa shape index (κ2) is 6.94.